The van der Waals surface area contributed by atoms with Crippen LogP contribution in [0, 0.1) is 20.8 Å². The molecule has 0 spiro atoms. The third kappa shape index (κ3) is 2.20. The van der Waals surface area contributed by atoms with Crippen LogP contribution in [-0.4, -0.2) is 12.4 Å². The summed E-state index contributed by atoms with van der Waals surface area (Å²) in [6.45, 7) is 6.43. The molecule has 1 aromatic carbocycles. The number of hydrogen-bond donors (Lipinski definition) is 0. The summed E-state index contributed by atoms with van der Waals surface area (Å²) < 4.78 is 11.4. The minimum atomic E-state index is -0.519. The summed E-state index contributed by atoms with van der Waals surface area (Å²) in [4.78, 5) is 12.6. The Hall–Kier alpha value is -1.20. The monoisotopic (exact) mass is 392 g/mol. The molecule has 0 unspecified atom stereocenters. The SMILES string of the molecule is Cc1cc(C)c2c(c1)[C@@H]1CSc3oc(C)cc(=O)c3[C@]1(Br)CO2. The van der Waals surface area contributed by atoms with Crippen LogP contribution < -0.4 is 10.2 Å². The van der Waals surface area contributed by atoms with Crippen molar-refractivity contribution in [3.8, 4) is 5.75 Å². The number of fused-ring (bicyclic) bond motifs is 5. The third-order valence-corrected chi connectivity index (χ3v) is 6.86. The number of thioether (sulfide) groups is 1. The summed E-state index contributed by atoms with van der Waals surface area (Å²) in [5, 5.41) is 0.722. The number of halogens is 1. The zero-order valence-electron chi connectivity index (χ0n) is 13.2. The van der Waals surface area contributed by atoms with Crippen LogP contribution in [0.15, 0.2) is 32.5 Å². The minimum Gasteiger partial charge on any atom is -0.491 e. The van der Waals surface area contributed by atoms with Gasteiger partial charge in [-0.2, -0.15) is 0 Å². The van der Waals surface area contributed by atoms with Gasteiger partial charge in [0.15, 0.2) is 10.5 Å². The Morgan fingerprint density at radius 3 is 2.83 bits per heavy atom. The molecule has 0 amide bonds. The predicted molar refractivity (Wildman–Crippen MR) is 95.2 cm³/mol. The minimum absolute atomic E-state index is 0.0225. The molecule has 2 aliphatic rings. The van der Waals surface area contributed by atoms with Crippen molar-refractivity contribution in [3.63, 3.8) is 0 Å². The smallest absolute Gasteiger partial charge is 0.191 e. The van der Waals surface area contributed by atoms with Crippen molar-refractivity contribution in [2.45, 2.75) is 36.1 Å². The molecule has 4 rings (SSSR count). The van der Waals surface area contributed by atoms with Gasteiger partial charge in [0.1, 0.15) is 22.4 Å². The largest absolute Gasteiger partial charge is 0.491 e. The fourth-order valence-corrected chi connectivity index (χ4v) is 6.30. The van der Waals surface area contributed by atoms with E-state index in [0.717, 1.165) is 22.2 Å². The molecule has 0 saturated carbocycles. The Morgan fingerprint density at radius 1 is 1.26 bits per heavy atom. The van der Waals surface area contributed by atoms with Crippen LogP contribution in [0.25, 0.3) is 0 Å². The average molecular weight is 393 g/mol. The van der Waals surface area contributed by atoms with Crippen molar-refractivity contribution in [2.24, 2.45) is 0 Å². The summed E-state index contributed by atoms with van der Waals surface area (Å²) in [7, 11) is 0. The van der Waals surface area contributed by atoms with Gasteiger partial charge in [-0.1, -0.05) is 45.4 Å². The van der Waals surface area contributed by atoms with E-state index in [-0.39, 0.29) is 11.3 Å². The molecule has 2 aromatic rings. The van der Waals surface area contributed by atoms with Crippen molar-refractivity contribution >= 4 is 27.7 Å². The molecule has 0 radical (unpaired) electrons. The van der Waals surface area contributed by atoms with E-state index in [9.17, 15) is 4.79 Å². The van der Waals surface area contributed by atoms with Gasteiger partial charge in [-0.3, -0.25) is 4.79 Å². The normalized spacial score (nSPS) is 25.1. The summed E-state index contributed by atoms with van der Waals surface area (Å²) in [5.74, 6) is 2.67. The molecule has 0 fully saturated rings. The van der Waals surface area contributed by atoms with Crippen LogP contribution in [-0.2, 0) is 4.32 Å². The molecule has 0 aliphatic carbocycles. The third-order valence-electron chi connectivity index (χ3n) is 4.64. The number of aryl methyl sites for hydroxylation is 3. The maximum Gasteiger partial charge on any atom is 0.191 e. The van der Waals surface area contributed by atoms with E-state index >= 15 is 0 Å². The van der Waals surface area contributed by atoms with Crippen molar-refractivity contribution in [3.05, 3.63) is 56.4 Å². The Kier molecular flexibility index (Phi) is 3.43. The van der Waals surface area contributed by atoms with Crippen LogP contribution in [0.4, 0.5) is 0 Å². The number of alkyl halides is 1. The molecule has 1 aromatic heterocycles. The van der Waals surface area contributed by atoms with Crippen LogP contribution >= 0.6 is 27.7 Å². The van der Waals surface area contributed by atoms with Crippen LogP contribution in [0.5, 0.6) is 5.75 Å². The van der Waals surface area contributed by atoms with Gasteiger partial charge < -0.3 is 9.15 Å². The molecule has 0 N–H and O–H groups in total. The highest BCUT2D eigenvalue weighted by atomic mass is 79.9. The summed E-state index contributed by atoms with van der Waals surface area (Å²) in [5.41, 5.74) is 4.28. The number of rotatable bonds is 0. The first-order chi connectivity index (χ1) is 10.9. The Labute approximate surface area is 147 Å². The Bertz CT molecular complexity index is 873. The second kappa shape index (κ2) is 5.15. The summed E-state index contributed by atoms with van der Waals surface area (Å²) in [6.07, 6.45) is 0. The number of benzene rings is 1. The Balaban J connectivity index is 1.95. The summed E-state index contributed by atoms with van der Waals surface area (Å²) in [6, 6.07) is 5.90. The quantitative estimate of drug-likeness (QED) is 0.621. The van der Waals surface area contributed by atoms with Gasteiger partial charge in [-0.15, -0.1) is 0 Å². The fourth-order valence-electron chi connectivity index (χ4n) is 3.65. The molecule has 3 heterocycles. The van der Waals surface area contributed by atoms with Crippen LogP contribution in [0.2, 0.25) is 0 Å². The lowest BCUT2D eigenvalue weighted by atomic mass is 9.79. The van der Waals surface area contributed by atoms with Crippen molar-refractivity contribution in [1.82, 2.24) is 0 Å². The van der Waals surface area contributed by atoms with E-state index in [2.05, 4.69) is 41.9 Å². The molecular formula is C18H17BrO3S. The maximum atomic E-state index is 12.6. The zero-order valence-corrected chi connectivity index (χ0v) is 15.6. The summed E-state index contributed by atoms with van der Waals surface area (Å²) >= 11 is 5.49. The molecule has 3 nitrogen and oxygen atoms in total. The van der Waals surface area contributed by atoms with E-state index in [1.54, 1.807) is 17.8 Å². The zero-order chi connectivity index (χ0) is 16.4. The van der Waals surface area contributed by atoms with Crippen LogP contribution in [0.1, 0.15) is 33.9 Å². The molecule has 2 atom stereocenters. The van der Waals surface area contributed by atoms with Crippen molar-refractivity contribution in [2.75, 3.05) is 12.4 Å². The second-order valence-electron chi connectivity index (χ2n) is 6.40. The van der Waals surface area contributed by atoms with Gasteiger partial charge in [0.25, 0.3) is 0 Å². The van der Waals surface area contributed by atoms with E-state index in [0.29, 0.717) is 17.9 Å². The lowest BCUT2D eigenvalue weighted by Gasteiger charge is -2.43. The maximum absolute atomic E-state index is 12.6. The van der Waals surface area contributed by atoms with Gasteiger partial charge >= 0.3 is 0 Å². The molecule has 23 heavy (non-hydrogen) atoms. The van der Waals surface area contributed by atoms with Gasteiger partial charge in [-0.25, -0.2) is 0 Å². The molecule has 2 aliphatic heterocycles. The first kappa shape index (κ1) is 15.3. The molecule has 120 valence electrons. The number of ether oxygens (including phenoxy) is 1. The topological polar surface area (TPSA) is 39.4 Å². The second-order valence-corrected chi connectivity index (χ2v) is 8.81. The molecule has 0 saturated heterocycles. The molecular weight excluding hydrogens is 376 g/mol. The highest BCUT2D eigenvalue weighted by Gasteiger charge is 2.50. The Morgan fingerprint density at radius 2 is 2.04 bits per heavy atom. The first-order valence-corrected chi connectivity index (χ1v) is 9.39. The van der Waals surface area contributed by atoms with E-state index in [4.69, 9.17) is 9.15 Å². The number of hydrogen-bond acceptors (Lipinski definition) is 4. The molecule has 5 heteroatoms. The first-order valence-electron chi connectivity index (χ1n) is 7.61. The van der Waals surface area contributed by atoms with Gasteiger partial charge in [0.05, 0.1) is 5.56 Å². The van der Waals surface area contributed by atoms with Gasteiger partial charge in [-0.05, 0) is 26.3 Å². The van der Waals surface area contributed by atoms with Crippen LogP contribution in [0.3, 0.4) is 0 Å². The van der Waals surface area contributed by atoms with E-state index in [1.807, 2.05) is 6.92 Å². The fraction of sp³-hybridized carbons (Fsp3) is 0.389. The lowest BCUT2D eigenvalue weighted by Crippen LogP contribution is -2.44. The lowest BCUT2D eigenvalue weighted by molar-refractivity contribution is 0.216. The van der Waals surface area contributed by atoms with E-state index in [1.165, 1.54) is 11.1 Å². The van der Waals surface area contributed by atoms with E-state index < -0.39 is 4.32 Å². The predicted octanol–water partition coefficient (Wildman–Crippen LogP) is 4.44. The molecule has 0 bridgehead atoms. The highest BCUT2D eigenvalue weighted by Crippen LogP contribution is 2.57. The standard InChI is InChI=1S/C18H17BrO3S/c1-9-4-10(2)16-12(5-9)13-7-23-17-15(18(13,19)8-21-16)14(20)6-11(3)22-17/h4-6,13H,7-8H2,1-3H3/t13-,18-/m0/s1. The average Bonchev–Trinajstić information content (AvgIpc) is 2.44. The van der Waals surface area contributed by atoms with Gasteiger partial charge in [0.2, 0.25) is 0 Å². The highest BCUT2D eigenvalue weighted by molar-refractivity contribution is 9.09. The van der Waals surface area contributed by atoms with Crippen molar-refractivity contribution in [1.29, 1.82) is 0 Å². The van der Waals surface area contributed by atoms with Crippen molar-refractivity contribution < 1.29 is 9.15 Å². The van der Waals surface area contributed by atoms with Gasteiger partial charge in [0, 0.05) is 23.3 Å².